The van der Waals surface area contributed by atoms with Gasteiger partial charge in [-0.1, -0.05) is 12.2 Å². The second-order valence-corrected chi connectivity index (χ2v) is 2.25. The maximum atomic E-state index is 5.26. The van der Waals surface area contributed by atoms with E-state index in [4.69, 9.17) is 5.73 Å². The molecule has 1 aliphatic heterocycles. The van der Waals surface area contributed by atoms with Crippen LogP contribution >= 0.6 is 0 Å². The molecule has 62 valence electrons. The summed E-state index contributed by atoms with van der Waals surface area (Å²) in [4.78, 5) is 4.16. The molecule has 4 N–H and O–H groups in total. The van der Waals surface area contributed by atoms with Crippen molar-refractivity contribution in [3.05, 3.63) is 12.2 Å². The molecule has 4 heteroatoms. The summed E-state index contributed by atoms with van der Waals surface area (Å²) in [6.07, 6.45) is 3.91. The normalized spacial score (nSPS) is 16.6. The van der Waals surface area contributed by atoms with Crippen molar-refractivity contribution in [2.75, 3.05) is 26.2 Å². The summed E-state index contributed by atoms with van der Waals surface area (Å²) < 4.78 is 0. The minimum Gasteiger partial charge on any atom is -0.355 e. The molecule has 0 aromatic carbocycles. The van der Waals surface area contributed by atoms with E-state index in [-0.39, 0.29) is 0 Å². The molecule has 0 saturated carbocycles. The van der Waals surface area contributed by atoms with E-state index in [2.05, 4.69) is 15.6 Å². The number of nitrogens with two attached hydrogens (primary N) is 1. The van der Waals surface area contributed by atoms with Gasteiger partial charge in [-0.25, -0.2) is 0 Å². The summed E-state index contributed by atoms with van der Waals surface area (Å²) >= 11 is 0. The van der Waals surface area contributed by atoms with Crippen molar-refractivity contribution < 1.29 is 0 Å². The molecule has 0 radical (unpaired) electrons. The van der Waals surface area contributed by atoms with Gasteiger partial charge >= 0.3 is 0 Å². The van der Waals surface area contributed by atoms with E-state index >= 15 is 0 Å². The van der Waals surface area contributed by atoms with E-state index in [1.165, 1.54) is 0 Å². The topological polar surface area (TPSA) is 62.4 Å². The molecule has 0 unspecified atom stereocenters. The fourth-order valence-electron chi connectivity index (χ4n) is 0.851. The van der Waals surface area contributed by atoms with Crippen LogP contribution in [-0.4, -0.2) is 32.1 Å². The third-order valence-electron chi connectivity index (χ3n) is 1.36. The largest absolute Gasteiger partial charge is 0.355 e. The molecule has 0 spiro atoms. The molecular formula is C7H14N4. The standard InChI is InChI=1S/C7H14N4/c8-3-1-2-4-9-7-10-5-6-11-7/h1-2H,3-6,8H2,(H2,9,10,11)/b2-1+. The first-order chi connectivity index (χ1) is 5.43. The van der Waals surface area contributed by atoms with Crippen LogP contribution in [0.4, 0.5) is 0 Å². The number of aliphatic imine (C=N–C) groups is 1. The van der Waals surface area contributed by atoms with E-state index in [1.807, 2.05) is 12.2 Å². The Bertz CT molecular complexity index is 162. The molecule has 0 bridgehead atoms. The first kappa shape index (κ1) is 8.07. The van der Waals surface area contributed by atoms with Crippen LogP contribution in [0.2, 0.25) is 0 Å². The Morgan fingerprint density at radius 3 is 3.18 bits per heavy atom. The Kier molecular flexibility index (Phi) is 3.47. The number of hydrogen-bond acceptors (Lipinski definition) is 4. The lowest BCUT2D eigenvalue weighted by Crippen LogP contribution is -2.33. The number of nitrogens with zero attached hydrogens (tertiary/aromatic N) is 1. The smallest absolute Gasteiger partial charge is 0.191 e. The van der Waals surface area contributed by atoms with E-state index in [0.717, 1.165) is 25.6 Å². The van der Waals surface area contributed by atoms with Crippen LogP contribution in [0.5, 0.6) is 0 Å². The van der Waals surface area contributed by atoms with E-state index in [9.17, 15) is 0 Å². The molecule has 0 amide bonds. The van der Waals surface area contributed by atoms with Gasteiger partial charge in [-0.05, 0) is 0 Å². The summed E-state index contributed by atoms with van der Waals surface area (Å²) in [7, 11) is 0. The number of guanidine groups is 1. The molecule has 1 heterocycles. The van der Waals surface area contributed by atoms with Gasteiger partial charge in [-0.3, -0.25) is 4.99 Å². The lowest BCUT2D eigenvalue weighted by molar-refractivity contribution is 0.922. The Morgan fingerprint density at radius 2 is 2.55 bits per heavy atom. The van der Waals surface area contributed by atoms with Gasteiger partial charge in [-0.15, -0.1) is 0 Å². The molecule has 0 atom stereocenters. The molecular weight excluding hydrogens is 140 g/mol. The molecule has 4 nitrogen and oxygen atoms in total. The minimum absolute atomic E-state index is 0.599. The SMILES string of the molecule is NC/C=C/CNC1=NCCN1. The fraction of sp³-hybridized carbons (Fsp3) is 0.571. The maximum absolute atomic E-state index is 5.26. The summed E-state index contributed by atoms with van der Waals surface area (Å²) in [5.41, 5.74) is 5.26. The molecule has 11 heavy (non-hydrogen) atoms. The minimum atomic E-state index is 0.599. The molecule has 1 aliphatic rings. The van der Waals surface area contributed by atoms with Crippen LogP contribution in [0.15, 0.2) is 17.1 Å². The van der Waals surface area contributed by atoms with Crippen LogP contribution in [0.25, 0.3) is 0 Å². The zero-order valence-corrected chi connectivity index (χ0v) is 6.51. The highest BCUT2D eigenvalue weighted by atomic mass is 15.2. The second kappa shape index (κ2) is 4.73. The van der Waals surface area contributed by atoms with Gasteiger partial charge in [-0.2, -0.15) is 0 Å². The summed E-state index contributed by atoms with van der Waals surface area (Å²) in [5, 5.41) is 6.22. The van der Waals surface area contributed by atoms with Crippen molar-refractivity contribution in [2.24, 2.45) is 10.7 Å². The number of rotatable bonds is 3. The third-order valence-corrected chi connectivity index (χ3v) is 1.36. The van der Waals surface area contributed by atoms with Crippen molar-refractivity contribution in [1.29, 1.82) is 0 Å². The van der Waals surface area contributed by atoms with Gasteiger partial charge in [0.05, 0.1) is 6.54 Å². The average molecular weight is 154 g/mol. The number of hydrogen-bond donors (Lipinski definition) is 3. The van der Waals surface area contributed by atoms with Gasteiger partial charge in [0.1, 0.15) is 0 Å². The van der Waals surface area contributed by atoms with Crippen molar-refractivity contribution >= 4 is 5.96 Å². The van der Waals surface area contributed by atoms with Gasteiger partial charge in [0.15, 0.2) is 5.96 Å². The molecule has 0 fully saturated rings. The lowest BCUT2D eigenvalue weighted by Gasteiger charge is -2.01. The van der Waals surface area contributed by atoms with Gasteiger partial charge in [0, 0.05) is 19.6 Å². The summed E-state index contributed by atoms with van der Waals surface area (Å²) in [6.45, 7) is 3.22. The lowest BCUT2D eigenvalue weighted by atomic mass is 10.5. The Morgan fingerprint density at radius 1 is 1.64 bits per heavy atom. The maximum Gasteiger partial charge on any atom is 0.191 e. The predicted molar refractivity (Wildman–Crippen MR) is 46.5 cm³/mol. The Labute approximate surface area is 66.6 Å². The van der Waals surface area contributed by atoms with Gasteiger partial charge in [0.25, 0.3) is 0 Å². The first-order valence-electron chi connectivity index (χ1n) is 3.81. The molecule has 0 aromatic heterocycles. The Hall–Kier alpha value is -1.03. The van der Waals surface area contributed by atoms with E-state index < -0.39 is 0 Å². The quantitative estimate of drug-likeness (QED) is 0.459. The zero-order valence-electron chi connectivity index (χ0n) is 6.51. The second-order valence-electron chi connectivity index (χ2n) is 2.25. The van der Waals surface area contributed by atoms with Crippen LogP contribution in [0.3, 0.4) is 0 Å². The van der Waals surface area contributed by atoms with E-state index in [0.29, 0.717) is 6.54 Å². The van der Waals surface area contributed by atoms with Gasteiger partial charge < -0.3 is 16.4 Å². The molecule has 0 aliphatic carbocycles. The van der Waals surface area contributed by atoms with Crippen LogP contribution in [-0.2, 0) is 0 Å². The van der Waals surface area contributed by atoms with Crippen molar-refractivity contribution in [3.8, 4) is 0 Å². The fourth-order valence-corrected chi connectivity index (χ4v) is 0.851. The summed E-state index contributed by atoms with van der Waals surface area (Å²) in [5.74, 6) is 0.895. The number of nitrogens with one attached hydrogen (secondary N) is 2. The van der Waals surface area contributed by atoms with Crippen LogP contribution in [0.1, 0.15) is 0 Å². The highest BCUT2D eigenvalue weighted by molar-refractivity contribution is 5.81. The van der Waals surface area contributed by atoms with Crippen LogP contribution < -0.4 is 16.4 Å². The summed E-state index contributed by atoms with van der Waals surface area (Å²) in [6, 6.07) is 0. The molecule has 0 saturated heterocycles. The predicted octanol–water partition coefficient (Wildman–Crippen LogP) is -0.950. The van der Waals surface area contributed by atoms with E-state index in [1.54, 1.807) is 0 Å². The molecule has 0 aromatic rings. The van der Waals surface area contributed by atoms with Crippen LogP contribution in [0, 0.1) is 0 Å². The average Bonchev–Trinajstić information content (AvgIpc) is 2.50. The highest BCUT2D eigenvalue weighted by Gasteiger charge is 2.00. The molecule has 1 rings (SSSR count). The van der Waals surface area contributed by atoms with Crippen molar-refractivity contribution in [2.45, 2.75) is 0 Å². The Balaban J connectivity index is 2.07. The first-order valence-corrected chi connectivity index (χ1v) is 3.81. The monoisotopic (exact) mass is 154 g/mol. The highest BCUT2D eigenvalue weighted by Crippen LogP contribution is 1.80. The van der Waals surface area contributed by atoms with Gasteiger partial charge in [0.2, 0.25) is 0 Å². The van der Waals surface area contributed by atoms with Crippen molar-refractivity contribution in [3.63, 3.8) is 0 Å². The zero-order chi connectivity index (χ0) is 7.94. The third kappa shape index (κ3) is 3.04. The van der Waals surface area contributed by atoms with Crippen molar-refractivity contribution in [1.82, 2.24) is 10.6 Å².